The second kappa shape index (κ2) is 9.49. The Labute approximate surface area is 178 Å². The smallest absolute Gasteiger partial charge is 0.261 e. The quantitative estimate of drug-likeness (QED) is 0.634. The first-order chi connectivity index (χ1) is 13.9. The van der Waals surface area contributed by atoms with Crippen molar-refractivity contribution in [2.24, 2.45) is 15.9 Å². The fourth-order valence-corrected chi connectivity index (χ4v) is 4.79. The van der Waals surface area contributed by atoms with Gasteiger partial charge in [-0.05, 0) is 42.5 Å². The van der Waals surface area contributed by atoms with Crippen LogP contribution in [0.15, 0.2) is 38.7 Å². The lowest BCUT2D eigenvalue weighted by molar-refractivity contribution is -0.118. The molecule has 1 atom stereocenters. The highest BCUT2D eigenvalue weighted by Crippen LogP contribution is 2.40. The Bertz CT molecular complexity index is 924. The largest absolute Gasteiger partial charge is 0.493 e. The number of ether oxygens (including phenoxy) is 2. The van der Waals surface area contributed by atoms with Gasteiger partial charge in [0.05, 0.1) is 25.0 Å². The number of amidine groups is 1. The first kappa shape index (κ1) is 21.4. The van der Waals surface area contributed by atoms with Crippen LogP contribution in [0.4, 0.5) is 0 Å². The van der Waals surface area contributed by atoms with E-state index >= 15 is 0 Å². The number of rotatable bonds is 8. The Morgan fingerprint density at radius 2 is 1.97 bits per heavy atom. The molecule has 0 bridgehead atoms. The topological polar surface area (TPSA) is 89.3 Å². The molecule has 0 saturated heterocycles. The normalized spacial score (nSPS) is 18.2. The van der Waals surface area contributed by atoms with Gasteiger partial charge in [0.15, 0.2) is 11.5 Å². The van der Waals surface area contributed by atoms with Crippen molar-refractivity contribution < 1.29 is 19.1 Å². The van der Waals surface area contributed by atoms with Crippen molar-refractivity contribution in [2.45, 2.75) is 13.8 Å². The number of allylic oxidation sites excluding steroid dienone is 1. The van der Waals surface area contributed by atoms with Gasteiger partial charge in [-0.2, -0.15) is 16.8 Å². The molecule has 1 N–H and O–H groups in total. The highest BCUT2D eigenvalue weighted by molar-refractivity contribution is 8.17. The average Bonchev–Trinajstić information content (AvgIpc) is 3.00. The minimum atomic E-state index is -0.283. The van der Waals surface area contributed by atoms with Crippen LogP contribution in [0.3, 0.4) is 0 Å². The van der Waals surface area contributed by atoms with Crippen LogP contribution in [-0.2, 0) is 4.79 Å². The summed E-state index contributed by atoms with van der Waals surface area (Å²) in [6.07, 6.45) is 0. The lowest BCUT2D eigenvalue weighted by Gasteiger charge is -2.14. The van der Waals surface area contributed by atoms with Gasteiger partial charge in [0.1, 0.15) is 11.8 Å². The molecule has 2 amide bonds. The zero-order chi connectivity index (χ0) is 21.0. The Kier molecular flexibility index (Phi) is 7.02. The van der Waals surface area contributed by atoms with Crippen LogP contribution >= 0.6 is 23.5 Å². The molecule has 0 fully saturated rings. The van der Waals surface area contributed by atoms with Crippen molar-refractivity contribution in [3.8, 4) is 11.5 Å². The van der Waals surface area contributed by atoms with Gasteiger partial charge in [-0.1, -0.05) is 11.8 Å². The molecule has 2 aliphatic rings. The summed E-state index contributed by atoms with van der Waals surface area (Å²) in [5.74, 6) is 2.26. The van der Waals surface area contributed by atoms with E-state index in [-0.39, 0.29) is 17.7 Å². The van der Waals surface area contributed by atoms with Crippen LogP contribution < -0.4 is 14.8 Å². The van der Waals surface area contributed by atoms with Crippen molar-refractivity contribution in [3.05, 3.63) is 34.2 Å². The SMILES string of the molecule is COc1ccc(C(=O)NCCSCC2=NC(=O)C3C(=N2)SC(C)=C3C)cc1OC. The van der Waals surface area contributed by atoms with E-state index in [1.165, 1.54) is 7.11 Å². The predicted molar refractivity (Wildman–Crippen MR) is 119 cm³/mol. The number of aliphatic imine (C=N–C) groups is 2. The van der Waals surface area contributed by atoms with Crippen LogP contribution in [0.1, 0.15) is 24.2 Å². The number of carbonyl (C=O) groups is 2. The van der Waals surface area contributed by atoms with Crippen molar-refractivity contribution in [3.63, 3.8) is 0 Å². The molecule has 2 heterocycles. The first-order valence-electron chi connectivity index (χ1n) is 9.07. The number of hydrogen-bond acceptors (Lipinski definition) is 7. The number of thioether (sulfide) groups is 2. The van der Waals surface area contributed by atoms with E-state index in [2.05, 4.69) is 15.3 Å². The molecule has 9 heteroatoms. The minimum Gasteiger partial charge on any atom is -0.493 e. The molecule has 154 valence electrons. The van der Waals surface area contributed by atoms with Crippen LogP contribution in [0.5, 0.6) is 11.5 Å². The Morgan fingerprint density at radius 1 is 1.21 bits per heavy atom. The first-order valence-corrected chi connectivity index (χ1v) is 11.0. The van der Waals surface area contributed by atoms with Crippen LogP contribution in [-0.4, -0.2) is 55.0 Å². The molecular weight excluding hydrogens is 410 g/mol. The molecule has 0 radical (unpaired) electrons. The maximum Gasteiger partial charge on any atom is 0.261 e. The predicted octanol–water partition coefficient (Wildman–Crippen LogP) is 3.16. The van der Waals surface area contributed by atoms with Gasteiger partial charge in [-0.3, -0.25) is 9.59 Å². The lowest BCUT2D eigenvalue weighted by atomic mass is 10.0. The van der Waals surface area contributed by atoms with E-state index in [1.807, 2.05) is 13.8 Å². The molecule has 3 rings (SSSR count). The molecule has 1 aromatic rings. The number of nitrogens with zero attached hydrogens (tertiary/aromatic N) is 2. The van der Waals surface area contributed by atoms with Crippen molar-refractivity contribution in [1.29, 1.82) is 0 Å². The van der Waals surface area contributed by atoms with Gasteiger partial charge in [0, 0.05) is 17.9 Å². The highest BCUT2D eigenvalue weighted by atomic mass is 32.2. The highest BCUT2D eigenvalue weighted by Gasteiger charge is 2.36. The zero-order valence-electron chi connectivity index (χ0n) is 16.8. The zero-order valence-corrected chi connectivity index (χ0v) is 18.4. The van der Waals surface area contributed by atoms with Gasteiger partial charge in [0.25, 0.3) is 11.8 Å². The van der Waals surface area contributed by atoms with E-state index in [9.17, 15) is 9.59 Å². The summed E-state index contributed by atoms with van der Waals surface area (Å²) in [5, 5.41) is 3.70. The number of methoxy groups -OCH3 is 2. The molecule has 29 heavy (non-hydrogen) atoms. The van der Waals surface area contributed by atoms with E-state index in [0.717, 1.165) is 15.5 Å². The molecule has 1 unspecified atom stereocenters. The number of amides is 2. The van der Waals surface area contributed by atoms with Crippen molar-refractivity contribution in [1.82, 2.24) is 5.32 Å². The number of benzene rings is 1. The molecular formula is C20H23N3O4S2. The summed E-state index contributed by atoms with van der Waals surface area (Å²) in [6.45, 7) is 4.46. The monoisotopic (exact) mass is 433 g/mol. The maximum atomic E-state index is 12.3. The van der Waals surface area contributed by atoms with E-state index < -0.39 is 0 Å². The van der Waals surface area contributed by atoms with Gasteiger partial charge in [0.2, 0.25) is 0 Å². The number of fused-ring (bicyclic) bond motifs is 1. The fourth-order valence-electron chi connectivity index (χ4n) is 2.95. The van der Waals surface area contributed by atoms with Crippen LogP contribution in [0.25, 0.3) is 0 Å². The maximum absolute atomic E-state index is 12.3. The van der Waals surface area contributed by atoms with E-state index in [1.54, 1.807) is 48.8 Å². The Morgan fingerprint density at radius 3 is 2.69 bits per heavy atom. The molecule has 0 saturated carbocycles. The van der Waals surface area contributed by atoms with Crippen molar-refractivity contribution in [2.75, 3.05) is 32.3 Å². The van der Waals surface area contributed by atoms with E-state index in [0.29, 0.717) is 40.9 Å². The van der Waals surface area contributed by atoms with Gasteiger partial charge in [-0.15, -0.1) is 0 Å². The molecule has 0 spiro atoms. The van der Waals surface area contributed by atoms with Gasteiger partial charge < -0.3 is 14.8 Å². The molecule has 2 aliphatic heterocycles. The summed E-state index contributed by atoms with van der Waals surface area (Å²) in [4.78, 5) is 34.4. The summed E-state index contributed by atoms with van der Waals surface area (Å²) < 4.78 is 10.4. The van der Waals surface area contributed by atoms with Gasteiger partial charge >= 0.3 is 0 Å². The summed E-state index contributed by atoms with van der Waals surface area (Å²) in [7, 11) is 3.08. The van der Waals surface area contributed by atoms with E-state index in [4.69, 9.17) is 9.47 Å². The Hall–Kier alpha value is -2.26. The number of carbonyl (C=O) groups excluding carboxylic acids is 2. The third-order valence-corrected chi connectivity index (χ3v) is 6.75. The van der Waals surface area contributed by atoms with Gasteiger partial charge in [-0.25, -0.2) is 4.99 Å². The van der Waals surface area contributed by atoms with Crippen LogP contribution in [0, 0.1) is 5.92 Å². The van der Waals surface area contributed by atoms with Crippen molar-refractivity contribution >= 4 is 46.2 Å². The number of hydrogen-bond donors (Lipinski definition) is 1. The molecule has 0 aromatic heterocycles. The molecule has 0 aliphatic carbocycles. The molecule has 7 nitrogen and oxygen atoms in total. The fraction of sp³-hybridized carbons (Fsp3) is 0.400. The lowest BCUT2D eigenvalue weighted by Crippen LogP contribution is -2.27. The summed E-state index contributed by atoms with van der Waals surface area (Å²) in [5.41, 5.74) is 1.55. The summed E-state index contributed by atoms with van der Waals surface area (Å²) in [6, 6.07) is 5.04. The third-order valence-electron chi connectivity index (χ3n) is 4.63. The average molecular weight is 434 g/mol. The Balaban J connectivity index is 1.45. The third kappa shape index (κ3) is 4.84. The number of nitrogens with one attached hydrogen (secondary N) is 1. The standard InChI is InChI=1S/C20H23N3O4S2/c1-11-12(2)29-20-17(11)19(25)22-16(23-20)10-28-8-7-21-18(24)13-5-6-14(26-3)15(9-13)27-4/h5-6,9,17H,7-8,10H2,1-4H3,(H,21,24). The second-order valence-corrected chi connectivity index (χ2v) is 8.81. The second-order valence-electron chi connectivity index (χ2n) is 6.47. The molecule has 1 aromatic carbocycles. The minimum absolute atomic E-state index is 0.130. The van der Waals surface area contributed by atoms with Crippen LogP contribution in [0.2, 0.25) is 0 Å². The summed E-state index contributed by atoms with van der Waals surface area (Å²) >= 11 is 3.13.